The van der Waals surface area contributed by atoms with Gasteiger partial charge < -0.3 is 9.80 Å². The molecule has 0 saturated carbocycles. The topological polar surface area (TPSA) is 64.4 Å². The minimum atomic E-state index is -1.90. The summed E-state index contributed by atoms with van der Waals surface area (Å²) in [5.41, 5.74) is -0.604. The molecule has 0 bridgehead atoms. The number of amides is 2. The molecule has 0 radical (unpaired) electrons. The van der Waals surface area contributed by atoms with Gasteiger partial charge in [0, 0.05) is 33.8 Å². The molecule has 0 aliphatic heterocycles. The zero-order valence-corrected chi connectivity index (χ0v) is 15.3. The van der Waals surface area contributed by atoms with E-state index in [1.807, 2.05) is 24.3 Å². The van der Waals surface area contributed by atoms with Crippen molar-refractivity contribution in [1.29, 1.82) is 5.26 Å². The molecule has 1 rings (SSSR count). The molecule has 0 fully saturated rings. The highest BCUT2D eigenvalue weighted by Crippen LogP contribution is 1.98. The molecular formula is C17H23ClFN3O2. The van der Waals surface area contributed by atoms with E-state index in [1.165, 1.54) is 19.0 Å². The number of hydrogen-bond donors (Lipinski definition) is 0. The maximum Gasteiger partial charge on any atom is 0.272 e. The summed E-state index contributed by atoms with van der Waals surface area (Å²) >= 11 is 4.77. The van der Waals surface area contributed by atoms with E-state index in [2.05, 4.69) is 6.58 Å². The molecule has 132 valence electrons. The molecule has 24 heavy (non-hydrogen) atoms. The quantitative estimate of drug-likeness (QED) is 0.605. The van der Waals surface area contributed by atoms with Crippen molar-refractivity contribution in [3.05, 3.63) is 48.0 Å². The van der Waals surface area contributed by atoms with Crippen molar-refractivity contribution in [3.63, 3.8) is 0 Å². The van der Waals surface area contributed by atoms with E-state index >= 15 is 0 Å². The summed E-state index contributed by atoms with van der Waals surface area (Å²) in [7, 11) is 6.29. The molecule has 5 nitrogen and oxygen atoms in total. The second-order valence-electron chi connectivity index (χ2n) is 4.99. The van der Waals surface area contributed by atoms with Crippen molar-refractivity contribution in [1.82, 2.24) is 9.80 Å². The van der Waals surface area contributed by atoms with Gasteiger partial charge in [-0.2, -0.15) is 5.26 Å². The SMILES string of the molecule is C=C(C)C(=O)N(C)C.CN(C)C(=O)C(F)Cl.N#Cc1ccccc1. The van der Waals surface area contributed by atoms with Gasteiger partial charge >= 0.3 is 0 Å². The van der Waals surface area contributed by atoms with Crippen LogP contribution in [0.1, 0.15) is 12.5 Å². The third-order valence-corrected chi connectivity index (χ3v) is 2.49. The van der Waals surface area contributed by atoms with Crippen LogP contribution >= 0.6 is 11.6 Å². The third-order valence-electron chi connectivity index (χ3n) is 2.30. The Morgan fingerprint density at radius 1 is 1.17 bits per heavy atom. The molecule has 1 atom stereocenters. The fourth-order valence-corrected chi connectivity index (χ4v) is 1.28. The summed E-state index contributed by atoms with van der Waals surface area (Å²) in [4.78, 5) is 23.5. The summed E-state index contributed by atoms with van der Waals surface area (Å²) in [6, 6.07) is 11.2. The zero-order valence-electron chi connectivity index (χ0n) is 14.6. The Bertz CT molecular complexity index is 557. The van der Waals surface area contributed by atoms with Gasteiger partial charge in [-0.25, -0.2) is 4.39 Å². The van der Waals surface area contributed by atoms with Gasteiger partial charge in [0.25, 0.3) is 11.5 Å². The van der Waals surface area contributed by atoms with Crippen molar-refractivity contribution in [3.8, 4) is 6.07 Å². The van der Waals surface area contributed by atoms with Gasteiger partial charge in [0.05, 0.1) is 11.6 Å². The van der Waals surface area contributed by atoms with E-state index in [0.717, 1.165) is 4.90 Å². The van der Waals surface area contributed by atoms with Gasteiger partial charge in [-0.3, -0.25) is 9.59 Å². The van der Waals surface area contributed by atoms with Crippen molar-refractivity contribution < 1.29 is 14.0 Å². The molecule has 0 spiro atoms. The Kier molecular flexibility index (Phi) is 13.0. The molecule has 0 aromatic heterocycles. The Morgan fingerprint density at radius 2 is 1.62 bits per heavy atom. The van der Waals surface area contributed by atoms with Crippen LogP contribution in [0.25, 0.3) is 0 Å². The summed E-state index contributed by atoms with van der Waals surface area (Å²) in [5.74, 6) is -0.725. The normalized spacial score (nSPS) is 9.75. The lowest BCUT2D eigenvalue weighted by Crippen LogP contribution is -2.27. The Hall–Kier alpha value is -2.39. The Labute approximate surface area is 147 Å². The lowest BCUT2D eigenvalue weighted by molar-refractivity contribution is -0.131. The van der Waals surface area contributed by atoms with Crippen LogP contribution in [0, 0.1) is 11.3 Å². The second kappa shape index (κ2) is 13.1. The largest absolute Gasteiger partial charge is 0.345 e. The van der Waals surface area contributed by atoms with E-state index in [-0.39, 0.29) is 5.91 Å². The molecule has 2 amide bonds. The minimum absolute atomic E-state index is 0.00926. The Morgan fingerprint density at radius 3 is 1.75 bits per heavy atom. The van der Waals surface area contributed by atoms with E-state index in [1.54, 1.807) is 33.2 Å². The summed E-state index contributed by atoms with van der Waals surface area (Å²) in [6.45, 7) is 5.18. The molecule has 7 heteroatoms. The first kappa shape index (κ1) is 23.9. The number of carbonyl (C=O) groups is 2. The highest BCUT2D eigenvalue weighted by molar-refractivity contribution is 6.29. The van der Waals surface area contributed by atoms with Gasteiger partial charge in [0.15, 0.2) is 0 Å². The molecular weight excluding hydrogens is 333 g/mol. The molecule has 0 N–H and O–H groups in total. The number of nitrogens with zero attached hydrogens (tertiary/aromatic N) is 3. The third kappa shape index (κ3) is 12.2. The average molecular weight is 356 g/mol. The molecule has 1 aromatic carbocycles. The molecule has 0 saturated heterocycles. The fourth-order valence-electron chi connectivity index (χ4n) is 1.09. The van der Waals surface area contributed by atoms with Crippen LogP contribution in [0.15, 0.2) is 42.5 Å². The lowest BCUT2D eigenvalue weighted by atomic mass is 10.2. The maximum atomic E-state index is 11.7. The number of hydrogen-bond acceptors (Lipinski definition) is 3. The predicted molar refractivity (Wildman–Crippen MR) is 94.1 cm³/mol. The van der Waals surface area contributed by atoms with Crippen LogP contribution < -0.4 is 0 Å². The van der Waals surface area contributed by atoms with Gasteiger partial charge in [0.1, 0.15) is 0 Å². The van der Waals surface area contributed by atoms with Crippen LogP contribution in [0.5, 0.6) is 0 Å². The monoisotopic (exact) mass is 355 g/mol. The first-order valence-corrected chi connectivity index (χ1v) is 7.29. The number of carbonyl (C=O) groups excluding carboxylic acids is 2. The molecule has 1 unspecified atom stereocenters. The number of halogens is 2. The molecule has 1 aromatic rings. The number of nitriles is 1. The summed E-state index contributed by atoms with van der Waals surface area (Å²) in [5, 5.41) is 8.29. The highest BCUT2D eigenvalue weighted by Gasteiger charge is 2.13. The van der Waals surface area contributed by atoms with Gasteiger partial charge in [0.2, 0.25) is 5.91 Å². The number of benzene rings is 1. The van der Waals surface area contributed by atoms with Crippen molar-refractivity contribution >= 4 is 23.4 Å². The van der Waals surface area contributed by atoms with Crippen LogP contribution in [-0.4, -0.2) is 55.4 Å². The second-order valence-corrected chi connectivity index (χ2v) is 5.37. The van der Waals surface area contributed by atoms with Gasteiger partial charge in [-0.05, 0) is 19.1 Å². The molecule has 0 aliphatic rings. The molecule has 0 heterocycles. The molecule has 0 aliphatic carbocycles. The van der Waals surface area contributed by atoms with Crippen molar-refractivity contribution in [2.75, 3.05) is 28.2 Å². The number of alkyl halides is 2. The summed E-state index contributed by atoms with van der Waals surface area (Å²) in [6.07, 6.45) is 0. The summed E-state index contributed by atoms with van der Waals surface area (Å²) < 4.78 is 11.7. The van der Waals surface area contributed by atoms with Crippen LogP contribution in [-0.2, 0) is 9.59 Å². The van der Waals surface area contributed by atoms with Gasteiger partial charge in [-0.15, -0.1) is 0 Å². The first-order valence-electron chi connectivity index (χ1n) is 6.86. The van der Waals surface area contributed by atoms with Crippen molar-refractivity contribution in [2.24, 2.45) is 0 Å². The maximum absolute atomic E-state index is 11.7. The zero-order chi connectivity index (χ0) is 19.3. The predicted octanol–water partition coefficient (Wildman–Crippen LogP) is 2.82. The van der Waals surface area contributed by atoms with E-state index in [9.17, 15) is 14.0 Å². The fraction of sp³-hybridized carbons (Fsp3) is 0.353. The van der Waals surface area contributed by atoms with E-state index < -0.39 is 11.5 Å². The van der Waals surface area contributed by atoms with E-state index in [4.69, 9.17) is 16.9 Å². The number of likely N-dealkylation sites (N-methyl/N-ethyl adjacent to an activating group) is 1. The first-order chi connectivity index (χ1) is 11.0. The smallest absolute Gasteiger partial charge is 0.272 e. The van der Waals surface area contributed by atoms with Crippen molar-refractivity contribution in [2.45, 2.75) is 12.6 Å². The highest BCUT2D eigenvalue weighted by atomic mass is 35.5. The minimum Gasteiger partial charge on any atom is -0.345 e. The Balaban J connectivity index is 0. The van der Waals surface area contributed by atoms with Gasteiger partial charge in [-0.1, -0.05) is 36.4 Å². The van der Waals surface area contributed by atoms with Crippen LogP contribution in [0.4, 0.5) is 4.39 Å². The lowest BCUT2D eigenvalue weighted by Gasteiger charge is -2.08. The average Bonchev–Trinajstić information content (AvgIpc) is 2.54. The van der Waals surface area contributed by atoms with Crippen LogP contribution in [0.3, 0.4) is 0 Å². The number of rotatable bonds is 2. The van der Waals surface area contributed by atoms with Crippen LogP contribution in [0.2, 0.25) is 0 Å². The van der Waals surface area contributed by atoms with E-state index in [0.29, 0.717) is 11.1 Å². The standard InChI is InChI=1S/C7H5N.C6H11NO.C4H7ClFNO/c8-6-7-4-2-1-3-5-7;1-5(2)6(8)7(3)4;1-7(2)4(8)3(5)6/h1-5H;1H2,2-4H3;3H,1-2H3.